The minimum atomic E-state index is -0.986. The summed E-state index contributed by atoms with van der Waals surface area (Å²) in [6.45, 7) is 10.5. The lowest BCUT2D eigenvalue weighted by molar-refractivity contribution is -0.174. The molecule has 0 aromatic heterocycles. The molecule has 0 radical (unpaired) electrons. The van der Waals surface area contributed by atoms with Crippen LogP contribution in [0.3, 0.4) is 0 Å². The molecule has 4 fully saturated rings. The molecule has 78 heavy (non-hydrogen) atoms. The van der Waals surface area contributed by atoms with Crippen molar-refractivity contribution in [2.45, 2.75) is 140 Å². The second kappa shape index (κ2) is 33.0. The van der Waals surface area contributed by atoms with Crippen molar-refractivity contribution in [3.05, 3.63) is 144 Å². The van der Waals surface area contributed by atoms with Crippen molar-refractivity contribution in [3.8, 4) is 0 Å². The number of carbonyl (C=O) groups excluding carboxylic acids is 4. The fourth-order valence-electron chi connectivity index (χ4n) is 10.4. The molecular formula is C60H82N8O10. The number of carboxylic acids is 2. The Morgan fingerprint density at radius 1 is 0.500 bits per heavy atom. The third-order valence-corrected chi connectivity index (χ3v) is 14.3. The Morgan fingerprint density at radius 3 is 1.14 bits per heavy atom. The van der Waals surface area contributed by atoms with E-state index < -0.39 is 48.2 Å². The van der Waals surface area contributed by atoms with E-state index in [1.165, 1.54) is 21.1 Å². The molecule has 422 valence electrons. The number of esters is 2. The molecule has 8 rings (SSSR count). The van der Waals surface area contributed by atoms with Crippen molar-refractivity contribution < 1.29 is 48.5 Å². The third-order valence-electron chi connectivity index (χ3n) is 14.3. The fourth-order valence-corrected chi connectivity index (χ4v) is 10.4. The zero-order valence-corrected chi connectivity index (χ0v) is 45.5. The minimum absolute atomic E-state index is 0.266. The summed E-state index contributed by atoms with van der Waals surface area (Å²) in [5, 5.41) is 39.0. The van der Waals surface area contributed by atoms with Gasteiger partial charge in [0.1, 0.15) is 24.2 Å². The second-order valence-electron chi connectivity index (χ2n) is 20.0. The van der Waals surface area contributed by atoms with E-state index >= 15 is 0 Å². The monoisotopic (exact) mass is 1070 g/mol. The van der Waals surface area contributed by atoms with Crippen LogP contribution in [0.15, 0.2) is 121 Å². The highest BCUT2D eigenvalue weighted by Crippen LogP contribution is 2.26. The van der Waals surface area contributed by atoms with Gasteiger partial charge in [0.2, 0.25) is 0 Å². The second-order valence-corrected chi connectivity index (χ2v) is 20.0. The van der Waals surface area contributed by atoms with Crippen LogP contribution in [0.5, 0.6) is 0 Å². The maximum absolute atomic E-state index is 13.3. The summed E-state index contributed by atoms with van der Waals surface area (Å²) in [5.74, 6) is -3.27. The number of hydrogen-bond acceptors (Lipinski definition) is 14. The molecule has 4 aromatic rings. The summed E-state index contributed by atoms with van der Waals surface area (Å²) in [4.78, 5) is 75.2. The third kappa shape index (κ3) is 19.1. The van der Waals surface area contributed by atoms with E-state index in [-0.39, 0.29) is 37.0 Å². The highest BCUT2D eigenvalue weighted by molar-refractivity contribution is 5.89. The number of nitrogens with one attached hydrogen (secondary N) is 4. The van der Waals surface area contributed by atoms with Gasteiger partial charge in [-0.3, -0.25) is 39.8 Å². The first-order chi connectivity index (χ1) is 38.0. The molecule has 0 unspecified atom stereocenters. The number of aliphatic carboxylic acids is 2. The van der Waals surface area contributed by atoms with Gasteiger partial charge in [-0.05, 0) is 113 Å². The number of amides is 2. The predicted octanol–water partition coefficient (Wildman–Crippen LogP) is 5.76. The van der Waals surface area contributed by atoms with Gasteiger partial charge >= 0.3 is 23.9 Å². The van der Waals surface area contributed by atoms with Crippen molar-refractivity contribution >= 4 is 35.7 Å². The summed E-state index contributed by atoms with van der Waals surface area (Å²) in [6, 6.07) is 36.5. The van der Waals surface area contributed by atoms with Crippen LogP contribution in [0.2, 0.25) is 0 Å². The van der Waals surface area contributed by atoms with Crippen molar-refractivity contribution in [2.75, 3.05) is 52.5 Å². The van der Waals surface area contributed by atoms with Gasteiger partial charge in [0.05, 0.1) is 25.3 Å². The molecule has 18 nitrogen and oxygen atoms in total. The average molecular weight is 1080 g/mol. The number of aryl methyl sites for hydroxylation is 2. The lowest BCUT2D eigenvalue weighted by Gasteiger charge is -2.42. The summed E-state index contributed by atoms with van der Waals surface area (Å²) in [6.07, 6.45) is 7.34. The van der Waals surface area contributed by atoms with Crippen LogP contribution in [0.4, 0.5) is 0 Å². The van der Waals surface area contributed by atoms with Crippen molar-refractivity contribution in [2.24, 2.45) is 0 Å². The van der Waals surface area contributed by atoms with Crippen molar-refractivity contribution in [3.63, 3.8) is 0 Å². The van der Waals surface area contributed by atoms with Crippen LogP contribution in [0.1, 0.15) is 100 Å². The molecule has 4 aromatic carbocycles. The van der Waals surface area contributed by atoms with Crippen molar-refractivity contribution in [1.29, 1.82) is 0 Å². The Morgan fingerprint density at radius 2 is 0.821 bits per heavy atom. The summed E-state index contributed by atoms with van der Waals surface area (Å²) < 4.78 is 10.5. The molecule has 6 N–H and O–H groups in total. The maximum Gasteiger partial charge on any atom is 0.328 e. The Kier molecular flexibility index (Phi) is 25.7. The molecule has 4 aliphatic rings. The van der Waals surface area contributed by atoms with Gasteiger partial charge in [-0.15, -0.1) is 0 Å². The number of fused-ring (bicyclic) bond motifs is 2. The van der Waals surface area contributed by atoms with Crippen molar-refractivity contribution in [1.82, 2.24) is 41.3 Å². The molecule has 2 amide bonds. The van der Waals surface area contributed by atoms with Crippen LogP contribution in [-0.2, 0) is 64.2 Å². The lowest BCUT2D eigenvalue weighted by Crippen LogP contribution is -2.61. The number of ether oxygens (including phenoxy) is 2. The Hall–Kier alpha value is -6.54. The van der Waals surface area contributed by atoms with Gasteiger partial charge < -0.3 is 30.3 Å². The van der Waals surface area contributed by atoms with E-state index in [1.807, 2.05) is 82.8 Å². The summed E-state index contributed by atoms with van der Waals surface area (Å²) >= 11 is 0. The zero-order chi connectivity index (χ0) is 55.5. The van der Waals surface area contributed by atoms with E-state index in [1.54, 1.807) is 13.8 Å². The highest BCUT2D eigenvalue weighted by Gasteiger charge is 2.44. The lowest BCUT2D eigenvalue weighted by atomic mass is 10.0. The van der Waals surface area contributed by atoms with Crippen LogP contribution in [0.25, 0.3) is 0 Å². The van der Waals surface area contributed by atoms with E-state index in [9.17, 15) is 39.0 Å². The van der Waals surface area contributed by atoms with E-state index in [4.69, 9.17) is 9.47 Å². The van der Waals surface area contributed by atoms with E-state index in [2.05, 4.69) is 69.8 Å². The molecule has 4 aliphatic heterocycles. The van der Waals surface area contributed by atoms with Gasteiger partial charge in [-0.2, -0.15) is 0 Å². The van der Waals surface area contributed by atoms with E-state index in [0.29, 0.717) is 77.5 Å². The van der Waals surface area contributed by atoms with Gasteiger partial charge in [0, 0.05) is 52.4 Å². The largest absolute Gasteiger partial charge is 0.480 e. The molecule has 0 aliphatic carbocycles. The van der Waals surface area contributed by atoms with Gasteiger partial charge in [-0.25, -0.2) is 19.6 Å². The first-order valence-electron chi connectivity index (χ1n) is 28.0. The number of carboxylic acid groups (broad SMARTS) is 2. The molecule has 4 heterocycles. The quantitative estimate of drug-likeness (QED) is 0.0384. The van der Waals surface area contributed by atoms with Crippen LogP contribution in [0, 0.1) is 0 Å². The van der Waals surface area contributed by atoms with Gasteiger partial charge in [0.15, 0.2) is 0 Å². The Balaban J connectivity index is 0.000000196. The average Bonchev–Trinajstić information content (AvgIpc) is 3.74. The smallest absolute Gasteiger partial charge is 0.328 e. The fraction of sp³-hybridized carbons (Fsp3) is 0.500. The SMILES string of the molecule is CCOC(=O)[C@H](CCc1ccccc1)N[C@H]1CCCN2CCC[C@@H](C(=O)O)N2C1=O.CCOC(=O)[C@H](CCc1ccccc1)N[C@H]1CCCN2CCC[C@@H](C(=O)O)N2C1=O.c1ccc(CNCCNCc2ccccc2)cc1. The number of hydrogen-bond donors (Lipinski definition) is 6. The van der Waals surface area contributed by atoms with E-state index in [0.717, 1.165) is 63.0 Å². The number of carbonyl (C=O) groups is 6. The molecular weight excluding hydrogens is 993 g/mol. The Labute approximate surface area is 460 Å². The molecule has 18 heteroatoms. The summed E-state index contributed by atoms with van der Waals surface area (Å²) in [7, 11) is 0. The van der Waals surface area contributed by atoms with Crippen LogP contribution < -0.4 is 21.3 Å². The Bertz CT molecular complexity index is 2270. The standard InChI is InChI=1S/2C22H31N3O5.C16H20N2/c2*1-2-30-22(29)18(13-12-16-8-4-3-5-9-16)23-17-10-6-14-24-15-7-11-19(21(27)28)25(24)20(17)26;1-3-7-15(8-4-1)13-17-11-12-18-14-16-9-5-2-6-10-16/h2*3-5,8-9,17-19,23H,2,6-7,10-15H2,1H3,(H,27,28);1-10,17-18H,11-14H2/t2*17-,18-,19-;/m00./s1. The first-order valence-corrected chi connectivity index (χ1v) is 28.0. The topological polar surface area (TPSA) is 222 Å². The molecule has 4 saturated heterocycles. The zero-order valence-electron chi connectivity index (χ0n) is 45.5. The highest BCUT2D eigenvalue weighted by atomic mass is 16.5. The summed E-state index contributed by atoms with van der Waals surface area (Å²) in [5.41, 5.74) is 4.88. The number of hydrazine groups is 2. The van der Waals surface area contributed by atoms with Gasteiger partial charge in [0.25, 0.3) is 11.8 Å². The molecule has 0 saturated carbocycles. The maximum atomic E-state index is 13.3. The molecule has 6 atom stereocenters. The van der Waals surface area contributed by atoms with Gasteiger partial charge in [-0.1, -0.05) is 121 Å². The predicted molar refractivity (Wildman–Crippen MR) is 297 cm³/mol. The van der Waals surface area contributed by atoms with Crippen LogP contribution in [-0.4, -0.2) is 155 Å². The van der Waals surface area contributed by atoms with Crippen LogP contribution >= 0.6 is 0 Å². The number of rotatable bonds is 23. The molecule has 0 spiro atoms. The minimum Gasteiger partial charge on any atom is -0.480 e. The first kappa shape index (κ1) is 60.7. The molecule has 0 bridgehead atoms. The number of nitrogens with zero attached hydrogens (tertiary/aromatic N) is 4. The normalized spacial score (nSPS) is 20.4. The number of benzene rings is 4.